The summed E-state index contributed by atoms with van der Waals surface area (Å²) in [6.45, 7) is 3.73. The van der Waals surface area contributed by atoms with Crippen LogP contribution < -0.4 is 4.74 Å². The lowest BCUT2D eigenvalue weighted by Crippen LogP contribution is -2.08. The molecule has 122 valence electrons. The molecule has 2 unspecified atom stereocenters. The van der Waals surface area contributed by atoms with Crippen LogP contribution in [-0.4, -0.2) is 7.11 Å². The number of hydrogen-bond acceptors (Lipinski definition) is 1. The monoisotopic (exact) mass is 356 g/mol. The molecule has 0 heterocycles. The lowest BCUT2D eigenvalue weighted by atomic mass is 10.0. The summed E-state index contributed by atoms with van der Waals surface area (Å²) >= 11 is 11.2. The van der Waals surface area contributed by atoms with Crippen LogP contribution in [0.4, 0.5) is 17.6 Å². The first-order valence-electron chi connectivity index (χ1n) is 6.54. The van der Waals surface area contributed by atoms with Gasteiger partial charge in [-0.25, -0.2) is 8.78 Å². The topological polar surface area (TPSA) is 9.23 Å². The van der Waals surface area contributed by atoms with Gasteiger partial charge in [-0.05, 0) is 23.7 Å². The van der Waals surface area contributed by atoms with Gasteiger partial charge in [-0.2, -0.15) is 8.78 Å². The number of rotatable bonds is 4. The van der Waals surface area contributed by atoms with Crippen LogP contribution >= 0.6 is 23.2 Å². The fourth-order valence-electron chi connectivity index (χ4n) is 2.88. The molecule has 2 atom stereocenters. The van der Waals surface area contributed by atoms with Crippen LogP contribution in [0, 0.1) is 40.5 Å². The Morgan fingerprint density at radius 3 is 2.00 bits per heavy atom. The second-order valence-corrected chi connectivity index (χ2v) is 6.89. The summed E-state index contributed by atoms with van der Waals surface area (Å²) in [5.41, 5.74) is -0.948. The van der Waals surface area contributed by atoms with Gasteiger partial charge in [0, 0.05) is 5.56 Å². The van der Waals surface area contributed by atoms with Crippen LogP contribution in [0.3, 0.4) is 0 Å². The van der Waals surface area contributed by atoms with E-state index < -0.39 is 34.6 Å². The molecule has 0 aliphatic heterocycles. The highest BCUT2D eigenvalue weighted by Crippen LogP contribution is 2.61. The molecule has 7 heteroatoms. The first-order chi connectivity index (χ1) is 10.1. The van der Waals surface area contributed by atoms with Gasteiger partial charge >= 0.3 is 0 Å². The smallest absolute Gasteiger partial charge is 0.204 e. The maximum absolute atomic E-state index is 14.0. The molecule has 0 aromatic heterocycles. The molecule has 0 amide bonds. The normalized spacial score (nSPS) is 22.4. The van der Waals surface area contributed by atoms with Gasteiger partial charge in [0.15, 0.2) is 17.4 Å². The second kappa shape index (κ2) is 5.93. The van der Waals surface area contributed by atoms with Crippen LogP contribution in [0.1, 0.15) is 19.4 Å². The molecule has 1 aromatic rings. The Balaban J connectivity index is 2.38. The van der Waals surface area contributed by atoms with Crippen LogP contribution in [0.15, 0.2) is 10.6 Å². The lowest BCUT2D eigenvalue weighted by Gasteiger charge is -2.11. The zero-order valence-electron chi connectivity index (χ0n) is 12.1. The molecule has 0 N–H and O–H groups in total. The zero-order valence-corrected chi connectivity index (χ0v) is 13.6. The molecule has 2 rings (SSSR count). The summed E-state index contributed by atoms with van der Waals surface area (Å²) in [6.07, 6.45) is 1.41. The minimum Gasteiger partial charge on any atom is -0.491 e. The number of benzene rings is 1. The van der Waals surface area contributed by atoms with Gasteiger partial charge in [-0.1, -0.05) is 43.1 Å². The number of methoxy groups -OCH3 is 1. The minimum absolute atomic E-state index is 0.0496. The van der Waals surface area contributed by atoms with Crippen molar-refractivity contribution in [2.75, 3.05) is 7.11 Å². The van der Waals surface area contributed by atoms with Crippen molar-refractivity contribution in [3.8, 4) is 5.75 Å². The summed E-state index contributed by atoms with van der Waals surface area (Å²) < 4.78 is 59.8. The van der Waals surface area contributed by atoms with Crippen LogP contribution in [0.2, 0.25) is 0 Å². The molecule has 1 saturated carbocycles. The molecular formula is C15H14Cl2F4O. The fourth-order valence-corrected chi connectivity index (χ4v) is 3.15. The summed E-state index contributed by atoms with van der Waals surface area (Å²) in [5.74, 6) is -7.33. The third kappa shape index (κ3) is 2.81. The maximum atomic E-state index is 14.0. The van der Waals surface area contributed by atoms with Gasteiger partial charge in [-0.3, -0.25) is 0 Å². The van der Waals surface area contributed by atoms with Crippen LogP contribution in [0.25, 0.3) is 0 Å². The predicted molar refractivity (Wildman–Crippen MR) is 77.1 cm³/mol. The number of allylic oxidation sites excluding steroid dienone is 1. The lowest BCUT2D eigenvalue weighted by molar-refractivity contribution is 0.327. The summed E-state index contributed by atoms with van der Waals surface area (Å²) in [5, 5.41) is 0. The van der Waals surface area contributed by atoms with E-state index in [0.29, 0.717) is 0 Å². The van der Waals surface area contributed by atoms with E-state index in [1.165, 1.54) is 0 Å². The summed E-state index contributed by atoms with van der Waals surface area (Å²) in [7, 11) is 0.938. The van der Waals surface area contributed by atoms with Crippen LogP contribution in [-0.2, 0) is 6.42 Å². The van der Waals surface area contributed by atoms with Gasteiger partial charge in [0.25, 0.3) is 0 Å². The van der Waals surface area contributed by atoms with Crippen molar-refractivity contribution in [2.24, 2.45) is 17.3 Å². The highest BCUT2D eigenvalue weighted by Gasteiger charge is 2.56. The van der Waals surface area contributed by atoms with Crippen molar-refractivity contribution in [2.45, 2.75) is 20.3 Å². The first-order valence-corrected chi connectivity index (χ1v) is 7.30. The molecular weight excluding hydrogens is 343 g/mol. The number of halogens is 6. The standard InChI is InChI=1S/C15H14Cl2F4O/c1-15(2)7(8(15)5-9(16)17)4-6-10(18)12(20)14(22-3)13(21)11(6)19/h5,7-8H,4H2,1-3H3. The van der Waals surface area contributed by atoms with Crippen molar-refractivity contribution >= 4 is 23.2 Å². The maximum Gasteiger partial charge on any atom is 0.204 e. The first kappa shape index (κ1) is 17.4. The van der Waals surface area contributed by atoms with E-state index in [9.17, 15) is 17.6 Å². The minimum atomic E-state index is -1.53. The largest absolute Gasteiger partial charge is 0.491 e. The average molecular weight is 357 g/mol. The zero-order chi connectivity index (χ0) is 16.8. The van der Waals surface area contributed by atoms with Crippen molar-refractivity contribution < 1.29 is 22.3 Å². The molecule has 1 aliphatic rings. The predicted octanol–water partition coefficient (Wildman–Crippen LogP) is 5.39. The Kier molecular flexibility index (Phi) is 4.69. The van der Waals surface area contributed by atoms with E-state index in [0.717, 1.165) is 7.11 Å². The fraction of sp³-hybridized carbons (Fsp3) is 0.467. The van der Waals surface area contributed by atoms with Gasteiger partial charge in [-0.15, -0.1) is 0 Å². The van der Waals surface area contributed by atoms with Gasteiger partial charge in [0.1, 0.15) is 4.49 Å². The van der Waals surface area contributed by atoms with Gasteiger partial charge in [0.05, 0.1) is 7.11 Å². The molecule has 1 aromatic carbocycles. The van der Waals surface area contributed by atoms with E-state index in [1.807, 2.05) is 13.8 Å². The third-order valence-corrected chi connectivity index (χ3v) is 4.64. The van der Waals surface area contributed by atoms with E-state index in [-0.39, 0.29) is 28.2 Å². The highest BCUT2D eigenvalue weighted by molar-refractivity contribution is 6.55. The Labute approximate surface area is 135 Å². The SMILES string of the molecule is COc1c(F)c(F)c(CC2C(C=C(Cl)Cl)C2(C)C)c(F)c1F. The Morgan fingerprint density at radius 1 is 1.09 bits per heavy atom. The highest BCUT2D eigenvalue weighted by atomic mass is 35.5. The number of ether oxygens (including phenoxy) is 1. The van der Waals surface area contributed by atoms with Crippen molar-refractivity contribution in [1.29, 1.82) is 0 Å². The van der Waals surface area contributed by atoms with Crippen molar-refractivity contribution in [3.63, 3.8) is 0 Å². The molecule has 1 nitrogen and oxygen atoms in total. The van der Waals surface area contributed by atoms with Crippen molar-refractivity contribution in [1.82, 2.24) is 0 Å². The second-order valence-electron chi connectivity index (χ2n) is 5.88. The Morgan fingerprint density at radius 2 is 1.59 bits per heavy atom. The molecule has 22 heavy (non-hydrogen) atoms. The van der Waals surface area contributed by atoms with E-state index in [2.05, 4.69) is 4.74 Å². The van der Waals surface area contributed by atoms with Crippen LogP contribution in [0.5, 0.6) is 5.75 Å². The average Bonchev–Trinajstić information content (AvgIpc) is 2.93. The van der Waals surface area contributed by atoms with E-state index in [1.54, 1.807) is 6.08 Å². The Bertz CT molecular complexity index is 610. The van der Waals surface area contributed by atoms with E-state index >= 15 is 0 Å². The summed E-state index contributed by atoms with van der Waals surface area (Å²) in [6, 6.07) is 0. The van der Waals surface area contributed by atoms with Gasteiger partial charge < -0.3 is 4.74 Å². The van der Waals surface area contributed by atoms with Crippen molar-refractivity contribution in [3.05, 3.63) is 39.4 Å². The number of hydrogen-bond donors (Lipinski definition) is 0. The third-order valence-electron chi connectivity index (χ3n) is 4.39. The molecule has 0 bridgehead atoms. The molecule has 0 radical (unpaired) electrons. The van der Waals surface area contributed by atoms with E-state index in [4.69, 9.17) is 23.2 Å². The summed E-state index contributed by atoms with van der Waals surface area (Å²) in [4.78, 5) is 0. The Hall–Kier alpha value is -0.940. The molecule has 0 saturated heterocycles. The molecule has 0 spiro atoms. The van der Waals surface area contributed by atoms with Gasteiger partial charge in [0.2, 0.25) is 11.6 Å². The quantitative estimate of drug-likeness (QED) is 0.519. The molecule has 1 fully saturated rings. The molecule has 1 aliphatic carbocycles.